The van der Waals surface area contributed by atoms with Crippen LogP contribution in [0, 0.1) is 6.92 Å². The van der Waals surface area contributed by atoms with Gasteiger partial charge in [0.15, 0.2) is 0 Å². The molecule has 0 amide bonds. The lowest BCUT2D eigenvalue weighted by molar-refractivity contribution is 0.790. The highest BCUT2D eigenvalue weighted by molar-refractivity contribution is 5.54. The monoisotopic (exact) mass is 218 g/mol. The molecule has 2 nitrogen and oxygen atoms in total. The number of hydrogen-bond donors (Lipinski definition) is 2. The minimum absolute atomic E-state index is 0.598. The second kappa shape index (κ2) is 4.88. The molecule has 2 heteroatoms. The molecule has 1 unspecified atom stereocenters. The molecule has 0 aromatic heterocycles. The van der Waals surface area contributed by atoms with Gasteiger partial charge >= 0.3 is 0 Å². The first kappa shape index (κ1) is 11.5. The van der Waals surface area contributed by atoms with Crippen LogP contribution in [0.15, 0.2) is 18.2 Å². The highest BCUT2D eigenvalue weighted by Crippen LogP contribution is 2.23. The minimum Gasteiger partial charge on any atom is -0.381 e. The summed E-state index contributed by atoms with van der Waals surface area (Å²) in [6.45, 7) is 8.89. The van der Waals surface area contributed by atoms with Gasteiger partial charge in [0.05, 0.1) is 0 Å². The maximum absolute atomic E-state index is 3.64. The fourth-order valence-corrected chi connectivity index (χ4v) is 2.15. The Labute approximate surface area is 98.4 Å². The first-order valence-corrected chi connectivity index (χ1v) is 6.24. The van der Waals surface area contributed by atoms with Crippen molar-refractivity contribution >= 4 is 5.69 Å². The summed E-state index contributed by atoms with van der Waals surface area (Å²) >= 11 is 0. The summed E-state index contributed by atoms with van der Waals surface area (Å²) in [5.41, 5.74) is 4.07. The summed E-state index contributed by atoms with van der Waals surface area (Å²) in [5, 5.41) is 7.03. The van der Waals surface area contributed by atoms with E-state index in [-0.39, 0.29) is 0 Å². The van der Waals surface area contributed by atoms with Crippen LogP contribution in [0.4, 0.5) is 5.69 Å². The van der Waals surface area contributed by atoms with Crippen molar-refractivity contribution in [3.63, 3.8) is 0 Å². The zero-order chi connectivity index (χ0) is 11.5. The van der Waals surface area contributed by atoms with E-state index in [1.807, 2.05) is 0 Å². The molecule has 2 N–H and O–H groups in total. The molecule has 0 saturated carbocycles. The molecule has 16 heavy (non-hydrogen) atoms. The van der Waals surface area contributed by atoms with E-state index in [0.29, 0.717) is 12.0 Å². The van der Waals surface area contributed by atoms with E-state index in [2.05, 4.69) is 49.6 Å². The number of nitrogens with one attached hydrogen (secondary N) is 2. The molecule has 1 aromatic rings. The van der Waals surface area contributed by atoms with E-state index < -0.39 is 0 Å². The van der Waals surface area contributed by atoms with Gasteiger partial charge in [-0.25, -0.2) is 0 Å². The summed E-state index contributed by atoms with van der Waals surface area (Å²) in [6, 6.07) is 7.36. The van der Waals surface area contributed by atoms with Crippen LogP contribution in [0.3, 0.4) is 0 Å². The van der Waals surface area contributed by atoms with Crippen molar-refractivity contribution < 1.29 is 0 Å². The molecule has 1 fully saturated rings. The molecule has 0 spiro atoms. The van der Waals surface area contributed by atoms with Crippen LogP contribution < -0.4 is 10.6 Å². The number of aryl methyl sites for hydroxylation is 1. The van der Waals surface area contributed by atoms with E-state index >= 15 is 0 Å². The molecule has 88 valence electrons. The third kappa shape index (κ3) is 2.56. The zero-order valence-electron chi connectivity index (χ0n) is 10.5. The van der Waals surface area contributed by atoms with Gasteiger partial charge in [-0.3, -0.25) is 0 Å². The van der Waals surface area contributed by atoms with Crippen LogP contribution in [0.5, 0.6) is 0 Å². The molecule has 0 aliphatic carbocycles. The van der Waals surface area contributed by atoms with Gasteiger partial charge in [-0.1, -0.05) is 26.0 Å². The van der Waals surface area contributed by atoms with Crippen molar-refractivity contribution in [3.05, 3.63) is 29.3 Å². The standard InChI is InChI=1S/C14H22N2/c1-10(2)12-5-4-11(3)14(8-12)16-13-6-7-15-9-13/h4-5,8,10,13,15-16H,6-7,9H2,1-3H3. The Bertz CT molecular complexity index is 352. The van der Waals surface area contributed by atoms with Gasteiger partial charge in [0.1, 0.15) is 0 Å². The normalized spacial score (nSPS) is 20.4. The molecule has 1 aliphatic rings. The van der Waals surface area contributed by atoms with Crippen molar-refractivity contribution in [2.45, 2.75) is 39.2 Å². The number of anilines is 1. The average Bonchev–Trinajstić information content (AvgIpc) is 2.73. The van der Waals surface area contributed by atoms with Crippen molar-refractivity contribution in [2.75, 3.05) is 18.4 Å². The lowest BCUT2D eigenvalue weighted by Gasteiger charge is -2.17. The third-order valence-corrected chi connectivity index (χ3v) is 3.35. The van der Waals surface area contributed by atoms with Crippen LogP contribution in [-0.4, -0.2) is 19.1 Å². The Morgan fingerprint density at radius 1 is 1.38 bits per heavy atom. The molecule has 1 aromatic carbocycles. The van der Waals surface area contributed by atoms with Gasteiger partial charge in [0, 0.05) is 18.3 Å². The fourth-order valence-electron chi connectivity index (χ4n) is 2.15. The summed E-state index contributed by atoms with van der Waals surface area (Å²) in [6.07, 6.45) is 1.23. The lowest BCUT2D eigenvalue weighted by Crippen LogP contribution is -2.22. The first-order chi connectivity index (χ1) is 7.66. The molecule has 2 rings (SSSR count). The quantitative estimate of drug-likeness (QED) is 0.815. The Balaban J connectivity index is 2.14. The molecule has 1 atom stereocenters. The summed E-state index contributed by atoms with van der Waals surface area (Å²) < 4.78 is 0. The van der Waals surface area contributed by atoms with E-state index in [4.69, 9.17) is 0 Å². The molecule has 1 heterocycles. The van der Waals surface area contributed by atoms with Gasteiger partial charge < -0.3 is 10.6 Å². The van der Waals surface area contributed by atoms with E-state index in [1.54, 1.807) is 0 Å². The van der Waals surface area contributed by atoms with E-state index in [9.17, 15) is 0 Å². The maximum atomic E-state index is 3.64. The predicted molar refractivity (Wildman–Crippen MR) is 70.2 cm³/mol. The van der Waals surface area contributed by atoms with E-state index in [0.717, 1.165) is 13.1 Å². The molecule has 0 bridgehead atoms. The van der Waals surface area contributed by atoms with Crippen LogP contribution in [0.2, 0.25) is 0 Å². The Kier molecular flexibility index (Phi) is 3.49. The van der Waals surface area contributed by atoms with E-state index in [1.165, 1.54) is 23.2 Å². The van der Waals surface area contributed by atoms with Gasteiger partial charge in [-0.2, -0.15) is 0 Å². The second-order valence-electron chi connectivity index (χ2n) is 5.06. The molecule has 1 aliphatic heterocycles. The van der Waals surface area contributed by atoms with Gasteiger partial charge in [0.2, 0.25) is 0 Å². The molecule has 0 radical (unpaired) electrons. The summed E-state index contributed by atoms with van der Waals surface area (Å²) in [7, 11) is 0. The zero-order valence-corrected chi connectivity index (χ0v) is 10.5. The number of rotatable bonds is 3. The Morgan fingerprint density at radius 2 is 2.19 bits per heavy atom. The second-order valence-corrected chi connectivity index (χ2v) is 5.06. The first-order valence-electron chi connectivity index (χ1n) is 6.24. The van der Waals surface area contributed by atoms with Gasteiger partial charge in [-0.15, -0.1) is 0 Å². The SMILES string of the molecule is Cc1ccc(C(C)C)cc1NC1CCNC1. The van der Waals surface area contributed by atoms with Crippen molar-refractivity contribution in [1.29, 1.82) is 0 Å². The van der Waals surface area contributed by atoms with Gasteiger partial charge in [-0.05, 0) is 43.0 Å². The highest BCUT2D eigenvalue weighted by Gasteiger charge is 2.14. The summed E-state index contributed by atoms with van der Waals surface area (Å²) in [4.78, 5) is 0. The molecular formula is C14H22N2. The predicted octanol–water partition coefficient (Wildman–Crippen LogP) is 2.89. The largest absolute Gasteiger partial charge is 0.381 e. The topological polar surface area (TPSA) is 24.1 Å². The van der Waals surface area contributed by atoms with Crippen LogP contribution in [0.25, 0.3) is 0 Å². The maximum Gasteiger partial charge on any atom is 0.0398 e. The van der Waals surface area contributed by atoms with Gasteiger partial charge in [0.25, 0.3) is 0 Å². The lowest BCUT2D eigenvalue weighted by atomic mass is 10.0. The smallest absolute Gasteiger partial charge is 0.0398 e. The summed E-state index contributed by atoms with van der Waals surface area (Å²) in [5.74, 6) is 0.600. The highest BCUT2D eigenvalue weighted by atomic mass is 15.0. The fraction of sp³-hybridized carbons (Fsp3) is 0.571. The Hall–Kier alpha value is -1.02. The number of hydrogen-bond acceptors (Lipinski definition) is 2. The Morgan fingerprint density at radius 3 is 2.81 bits per heavy atom. The van der Waals surface area contributed by atoms with Crippen molar-refractivity contribution in [1.82, 2.24) is 5.32 Å². The van der Waals surface area contributed by atoms with Crippen LogP contribution in [0.1, 0.15) is 37.3 Å². The minimum atomic E-state index is 0.598. The van der Waals surface area contributed by atoms with Crippen LogP contribution in [-0.2, 0) is 0 Å². The molecule has 1 saturated heterocycles. The number of benzene rings is 1. The molecular weight excluding hydrogens is 196 g/mol. The average molecular weight is 218 g/mol. The third-order valence-electron chi connectivity index (χ3n) is 3.35. The van der Waals surface area contributed by atoms with Crippen molar-refractivity contribution in [3.8, 4) is 0 Å². The van der Waals surface area contributed by atoms with Crippen LogP contribution >= 0.6 is 0 Å². The van der Waals surface area contributed by atoms with Crippen molar-refractivity contribution in [2.24, 2.45) is 0 Å².